The number of hydrogen-bond acceptors (Lipinski definition) is 5. The van der Waals surface area contributed by atoms with Crippen molar-refractivity contribution in [1.29, 1.82) is 0 Å². The van der Waals surface area contributed by atoms with E-state index in [-0.39, 0.29) is 48.0 Å². The Kier molecular flexibility index (Phi) is 41.5. The fourth-order valence-corrected chi connectivity index (χ4v) is 4.41. The Balaban J connectivity index is -0.000000703. The fraction of sp³-hybridized carbons (Fsp3) is 0.931. The van der Waals surface area contributed by atoms with Crippen LogP contribution in [0.25, 0.3) is 0 Å². The van der Waals surface area contributed by atoms with E-state index < -0.39 is 8.25 Å². The number of amides is 2. The number of carbonyl (C=O) groups is 2. The maximum Gasteiger partial charge on any atom is 1.00 e. The molecule has 0 bridgehead atoms. The van der Waals surface area contributed by atoms with E-state index in [1.807, 2.05) is 0 Å². The Morgan fingerprint density at radius 1 is 0.658 bits per heavy atom. The average molecular weight is 571 g/mol. The first-order valence-corrected chi connectivity index (χ1v) is 16.5. The fourth-order valence-electron chi connectivity index (χ4n) is 4.10. The van der Waals surface area contributed by atoms with Crippen LogP contribution in [0.1, 0.15) is 162 Å². The van der Waals surface area contributed by atoms with Crippen molar-refractivity contribution < 1.29 is 53.1 Å². The molecule has 3 N–H and O–H groups in total. The van der Waals surface area contributed by atoms with Crippen molar-refractivity contribution in [2.45, 2.75) is 162 Å². The van der Waals surface area contributed by atoms with Crippen molar-refractivity contribution in [3.63, 3.8) is 0 Å². The number of nitrogens with two attached hydrogens (primary N) is 1. The van der Waals surface area contributed by atoms with Gasteiger partial charge >= 0.3 is 29.6 Å². The van der Waals surface area contributed by atoms with Gasteiger partial charge in [-0.25, -0.2) is 0 Å². The van der Waals surface area contributed by atoms with Crippen LogP contribution in [0.5, 0.6) is 0 Å². The second kappa shape index (κ2) is 37.1. The summed E-state index contributed by atoms with van der Waals surface area (Å²) < 4.78 is 14.6. The molecule has 0 spiro atoms. The standard InChI is InChI=1S/C17H36NO4P.C12H25NO.Na/c1-2-3-4-5-6-7-8-9-10-11-12-14-17(19)18-15-13-16-22-23(20)21;1-2-3-4-5-6-7-8-9-10-11-12(13)14;/h23H,2-16H2,1H3,(H,18,19)(H,20,21);2-11H2,1H3,(H2,13,14);/q;;+1/p-1. The molecule has 222 valence electrons. The van der Waals surface area contributed by atoms with E-state index in [0.29, 0.717) is 25.8 Å². The smallest absolute Gasteiger partial charge is 0.781 e. The Morgan fingerprint density at radius 2 is 1.03 bits per heavy atom. The summed E-state index contributed by atoms with van der Waals surface area (Å²) in [5.41, 5.74) is 5.05. The van der Waals surface area contributed by atoms with E-state index >= 15 is 0 Å². The van der Waals surface area contributed by atoms with Gasteiger partial charge in [0.05, 0.1) is 6.61 Å². The minimum atomic E-state index is -3.08. The Labute approximate surface area is 257 Å². The Hall–Kier alpha value is 0.0900. The predicted octanol–water partition coefficient (Wildman–Crippen LogP) is 4.36. The predicted molar refractivity (Wildman–Crippen MR) is 155 cm³/mol. The van der Waals surface area contributed by atoms with Crippen molar-refractivity contribution in [2.75, 3.05) is 13.2 Å². The van der Waals surface area contributed by atoms with Crippen LogP contribution in [0.4, 0.5) is 0 Å². The molecule has 0 rings (SSSR count). The zero-order valence-electron chi connectivity index (χ0n) is 25.3. The van der Waals surface area contributed by atoms with E-state index in [2.05, 4.69) is 23.7 Å². The summed E-state index contributed by atoms with van der Waals surface area (Å²) in [5.74, 6) is -0.108. The van der Waals surface area contributed by atoms with Gasteiger partial charge in [0.2, 0.25) is 11.8 Å². The number of nitrogens with one attached hydrogen (secondary N) is 1. The van der Waals surface area contributed by atoms with Gasteiger partial charge in [0.15, 0.2) is 0 Å². The van der Waals surface area contributed by atoms with Crippen molar-refractivity contribution in [1.82, 2.24) is 5.32 Å². The summed E-state index contributed by atoms with van der Waals surface area (Å²) >= 11 is 0. The minimum absolute atomic E-state index is 0. The van der Waals surface area contributed by atoms with Gasteiger partial charge in [-0.1, -0.05) is 129 Å². The molecule has 0 heterocycles. The van der Waals surface area contributed by atoms with Gasteiger partial charge in [-0.3, -0.25) is 9.59 Å². The van der Waals surface area contributed by atoms with Gasteiger partial charge in [0.1, 0.15) is 8.25 Å². The molecule has 0 saturated carbocycles. The van der Waals surface area contributed by atoms with E-state index in [1.54, 1.807) is 0 Å². The third-order valence-corrected chi connectivity index (χ3v) is 6.84. The molecular weight excluding hydrogens is 510 g/mol. The maximum absolute atomic E-state index is 11.5. The number of unbranched alkanes of at least 4 members (excludes halogenated alkanes) is 18. The van der Waals surface area contributed by atoms with Crippen molar-refractivity contribution in [3.8, 4) is 0 Å². The van der Waals surface area contributed by atoms with Crippen molar-refractivity contribution in [2.24, 2.45) is 5.73 Å². The number of primary amides is 1. The van der Waals surface area contributed by atoms with Crippen LogP contribution in [0.15, 0.2) is 0 Å². The first-order valence-electron chi connectivity index (χ1n) is 15.3. The molecule has 0 aliphatic carbocycles. The molecule has 0 aromatic heterocycles. The summed E-state index contributed by atoms with van der Waals surface area (Å²) in [5, 5.41) is 2.78. The first-order chi connectivity index (χ1) is 17.9. The van der Waals surface area contributed by atoms with Crippen LogP contribution in [0.2, 0.25) is 0 Å². The molecule has 1 unspecified atom stereocenters. The summed E-state index contributed by atoms with van der Waals surface area (Å²) in [7, 11) is -3.08. The molecule has 1 atom stereocenters. The summed E-state index contributed by atoms with van der Waals surface area (Å²) in [6.45, 7) is 5.11. The van der Waals surface area contributed by atoms with Crippen LogP contribution in [0.3, 0.4) is 0 Å². The quantitative estimate of drug-likeness (QED) is 0.0864. The van der Waals surface area contributed by atoms with Gasteiger partial charge in [-0.05, 0) is 19.3 Å². The molecule has 0 aliphatic rings. The van der Waals surface area contributed by atoms with E-state index in [1.165, 1.54) is 103 Å². The zero-order valence-corrected chi connectivity index (χ0v) is 28.3. The molecule has 7 nitrogen and oxygen atoms in total. The molecule has 2 amide bonds. The zero-order chi connectivity index (χ0) is 27.8. The Morgan fingerprint density at radius 3 is 1.39 bits per heavy atom. The largest absolute Gasteiger partial charge is 1.00 e. The van der Waals surface area contributed by atoms with E-state index in [0.717, 1.165) is 25.7 Å². The number of carbonyl (C=O) groups excluding carboxylic acids is 2. The third kappa shape index (κ3) is 43.2. The summed E-state index contributed by atoms with van der Waals surface area (Å²) in [6.07, 6.45) is 27.2. The molecular formula is C29H60N2NaO5P. The SMILES string of the molecule is CCCCCCCCCCCC(N)=O.CCCCCCCCCCCCCC(=O)NCCCO[PH](=O)[O-].[Na+]. The van der Waals surface area contributed by atoms with Gasteiger partial charge < -0.3 is 25.0 Å². The molecule has 38 heavy (non-hydrogen) atoms. The average Bonchev–Trinajstić information content (AvgIpc) is 2.86. The normalized spacial score (nSPS) is 11.2. The minimum Gasteiger partial charge on any atom is -0.781 e. The van der Waals surface area contributed by atoms with Crippen LogP contribution in [0, 0.1) is 0 Å². The summed E-state index contributed by atoms with van der Waals surface area (Å²) in [6, 6.07) is 0. The molecule has 0 radical (unpaired) electrons. The maximum atomic E-state index is 11.5. The number of hydrogen-bond donors (Lipinski definition) is 2. The molecule has 0 aromatic rings. The van der Waals surface area contributed by atoms with E-state index in [9.17, 15) is 19.0 Å². The second-order valence-electron chi connectivity index (χ2n) is 10.1. The molecule has 0 fully saturated rings. The molecule has 0 aliphatic heterocycles. The first kappa shape index (κ1) is 42.6. The van der Waals surface area contributed by atoms with Gasteiger partial charge in [-0.2, -0.15) is 0 Å². The van der Waals surface area contributed by atoms with Gasteiger partial charge in [0.25, 0.3) is 0 Å². The van der Waals surface area contributed by atoms with Gasteiger partial charge in [-0.15, -0.1) is 0 Å². The van der Waals surface area contributed by atoms with Crippen LogP contribution in [-0.2, 0) is 18.7 Å². The molecule has 0 aromatic carbocycles. The molecule has 9 heteroatoms. The Bertz CT molecular complexity index is 527. The van der Waals surface area contributed by atoms with Gasteiger partial charge in [0, 0.05) is 19.4 Å². The van der Waals surface area contributed by atoms with Crippen LogP contribution < -0.4 is 45.5 Å². The van der Waals surface area contributed by atoms with Crippen molar-refractivity contribution in [3.05, 3.63) is 0 Å². The van der Waals surface area contributed by atoms with Crippen LogP contribution >= 0.6 is 8.25 Å². The van der Waals surface area contributed by atoms with E-state index in [4.69, 9.17) is 5.73 Å². The van der Waals surface area contributed by atoms with Crippen LogP contribution in [-0.4, -0.2) is 25.0 Å². The topological polar surface area (TPSA) is 122 Å². The monoisotopic (exact) mass is 570 g/mol. The second-order valence-corrected chi connectivity index (χ2v) is 10.9. The third-order valence-electron chi connectivity index (χ3n) is 6.40. The molecule has 0 saturated heterocycles. The summed E-state index contributed by atoms with van der Waals surface area (Å²) in [4.78, 5) is 32.1. The number of rotatable bonds is 27. The van der Waals surface area contributed by atoms with Crippen molar-refractivity contribution >= 4 is 20.1 Å².